The van der Waals surface area contributed by atoms with Gasteiger partial charge in [0.15, 0.2) is 0 Å². The fourth-order valence-electron chi connectivity index (χ4n) is 3.65. The standard InChI is InChI=1S/C21H25N3OS2/c25-11-8-18-14-23(9-10-24(18)16-19-7-4-12-26-19)15-20-13-22-21(27-20)17-5-2-1-3-6-17/h1-7,12-13,18,25H,8-11,14-16H2/t18-/m1/s1. The van der Waals surface area contributed by atoms with Crippen LogP contribution in [-0.4, -0.2) is 52.2 Å². The van der Waals surface area contributed by atoms with Crippen LogP contribution >= 0.6 is 22.7 Å². The first-order chi connectivity index (χ1) is 13.3. The normalized spacial score (nSPS) is 18.8. The molecule has 1 atom stereocenters. The summed E-state index contributed by atoms with van der Waals surface area (Å²) in [6, 6.07) is 15.1. The molecule has 0 unspecified atom stereocenters. The van der Waals surface area contributed by atoms with Gasteiger partial charge in [0.25, 0.3) is 0 Å². The van der Waals surface area contributed by atoms with Crippen molar-refractivity contribution in [2.45, 2.75) is 25.6 Å². The van der Waals surface area contributed by atoms with E-state index in [0.29, 0.717) is 6.04 Å². The Hall–Kier alpha value is -1.57. The first kappa shape index (κ1) is 18.8. The summed E-state index contributed by atoms with van der Waals surface area (Å²) in [6.07, 6.45) is 2.85. The van der Waals surface area contributed by atoms with E-state index < -0.39 is 0 Å². The molecule has 0 radical (unpaired) electrons. The molecular weight excluding hydrogens is 374 g/mol. The van der Waals surface area contributed by atoms with E-state index in [2.05, 4.69) is 56.6 Å². The van der Waals surface area contributed by atoms with Gasteiger partial charge in [0.1, 0.15) is 5.01 Å². The van der Waals surface area contributed by atoms with E-state index in [-0.39, 0.29) is 6.61 Å². The molecule has 1 aromatic carbocycles. The highest BCUT2D eigenvalue weighted by atomic mass is 32.1. The summed E-state index contributed by atoms with van der Waals surface area (Å²) in [5.74, 6) is 0. The molecule has 4 nitrogen and oxygen atoms in total. The van der Waals surface area contributed by atoms with Crippen molar-refractivity contribution in [3.05, 3.63) is 63.8 Å². The van der Waals surface area contributed by atoms with E-state index >= 15 is 0 Å². The lowest BCUT2D eigenvalue weighted by Crippen LogP contribution is -2.52. The molecule has 1 N–H and O–H groups in total. The van der Waals surface area contributed by atoms with Gasteiger partial charge in [-0.05, 0) is 17.9 Å². The second-order valence-electron chi connectivity index (χ2n) is 6.95. The molecule has 1 fully saturated rings. The largest absolute Gasteiger partial charge is 0.396 e. The Balaban J connectivity index is 1.38. The number of aromatic nitrogens is 1. The lowest BCUT2D eigenvalue weighted by atomic mass is 10.1. The van der Waals surface area contributed by atoms with Crippen molar-refractivity contribution in [3.8, 4) is 10.6 Å². The zero-order valence-corrected chi connectivity index (χ0v) is 17.0. The molecule has 0 aliphatic carbocycles. The Morgan fingerprint density at radius 1 is 1.04 bits per heavy atom. The van der Waals surface area contributed by atoms with Gasteiger partial charge in [-0.3, -0.25) is 9.80 Å². The van der Waals surface area contributed by atoms with Crippen molar-refractivity contribution in [3.63, 3.8) is 0 Å². The third-order valence-electron chi connectivity index (χ3n) is 5.04. The molecule has 2 aromatic heterocycles. The zero-order valence-electron chi connectivity index (χ0n) is 15.3. The van der Waals surface area contributed by atoms with Gasteiger partial charge >= 0.3 is 0 Å². The van der Waals surface area contributed by atoms with Crippen LogP contribution in [0.25, 0.3) is 10.6 Å². The highest BCUT2D eigenvalue weighted by Gasteiger charge is 2.27. The van der Waals surface area contributed by atoms with Gasteiger partial charge in [0.05, 0.1) is 0 Å². The molecule has 0 spiro atoms. The Morgan fingerprint density at radius 2 is 1.93 bits per heavy atom. The van der Waals surface area contributed by atoms with Gasteiger partial charge in [-0.15, -0.1) is 22.7 Å². The van der Waals surface area contributed by atoms with Gasteiger partial charge in [-0.1, -0.05) is 36.4 Å². The Bertz CT molecular complexity index is 819. The fraction of sp³-hybridized carbons (Fsp3) is 0.381. The second kappa shape index (κ2) is 9.08. The minimum atomic E-state index is 0.248. The number of hydrogen-bond acceptors (Lipinski definition) is 6. The fourth-order valence-corrected chi connectivity index (χ4v) is 5.34. The number of benzene rings is 1. The SMILES string of the molecule is OCC[C@@H]1CN(Cc2cnc(-c3ccccc3)s2)CCN1Cc1cccs1. The molecule has 0 saturated carbocycles. The summed E-state index contributed by atoms with van der Waals surface area (Å²) in [6.45, 7) is 5.30. The number of aliphatic hydroxyl groups excluding tert-OH is 1. The summed E-state index contributed by atoms with van der Waals surface area (Å²) in [5, 5.41) is 12.7. The Labute approximate surface area is 168 Å². The van der Waals surface area contributed by atoms with Crippen LogP contribution in [0.1, 0.15) is 16.2 Å². The van der Waals surface area contributed by atoms with Crippen molar-refractivity contribution in [2.75, 3.05) is 26.2 Å². The molecule has 1 aliphatic heterocycles. The lowest BCUT2D eigenvalue weighted by molar-refractivity contribution is 0.0511. The summed E-state index contributed by atoms with van der Waals surface area (Å²) >= 11 is 3.60. The quantitative estimate of drug-likeness (QED) is 0.653. The topological polar surface area (TPSA) is 39.6 Å². The van der Waals surface area contributed by atoms with Crippen LogP contribution in [0.2, 0.25) is 0 Å². The van der Waals surface area contributed by atoms with Crippen LogP contribution in [-0.2, 0) is 13.1 Å². The number of nitrogens with zero attached hydrogens (tertiary/aromatic N) is 3. The zero-order chi connectivity index (χ0) is 18.5. The summed E-state index contributed by atoms with van der Waals surface area (Å²) < 4.78 is 0. The predicted molar refractivity (Wildman–Crippen MR) is 113 cm³/mol. The number of rotatable bonds is 7. The monoisotopic (exact) mass is 399 g/mol. The second-order valence-corrected chi connectivity index (χ2v) is 9.10. The predicted octanol–water partition coefficient (Wildman–Crippen LogP) is 3.94. The number of thiophene rings is 1. The van der Waals surface area contributed by atoms with Gasteiger partial charge < -0.3 is 5.11 Å². The maximum atomic E-state index is 9.52. The van der Waals surface area contributed by atoms with E-state index in [1.165, 1.54) is 15.3 Å². The maximum absolute atomic E-state index is 9.52. The van der Waals surface area contributed by atoms with Crippen LogP contribution in [0.3, 0.4) is 0 Å². The van der Waals surface area contributed by atoms with Crippen molar-refractivity contribution in [1.29, 1.82) is 0 Å². The van der Waals surface area contributed by atoms with Crippen molar-refractivity contribution < 1.29 is 5.11 Å². The van der Waals surface area contributed by atoms with Crippen molar-refractivity contribution in [1.82, 2.24) is 14.8 Å². The lowest BCUT2D eigenvalue weighted by Gasteiger charge is -2.41. The van der Waals surface area contributed by atoms with Gasteiger partial charge in [-0.25, -0.2) is 4.98 Å². The van der Waals surface area contributed by atoms with Crippen LogP contribution in [0.4, 0.5) is 0 Å². The third kappa shape index (κ3) is 4.83. The van der Waals surface area contributed by atoms with E-state index in [0.717, 1.165) is 44.2 Å². The third-order valence-corrected chi connectivity index (χ3v) is 6.94. The molecule has 3 heterocycles. The highest BCUT2D eigenvalue weighted by Crippen LogP contribution is 2.27. The van der Waals surface area contributed by atoms with Crippen LogP contribution in [0.5, 0.6) is 0 Å². The van der Waals surface area contributed by atoms with Crippen LogP contribution in [0, 0.1) is 0 Å². The molecule has 4 rings (SSSR count). The average molecular weight is 400 g/mol. The summed E-state index contributed by atoms with van der Waals surface area (Å²) in [4.78, 5) is 12.4. The molecule has 1 saturated heterocycles. The van der Waals surface area contributed by atoms with E-state index in [1.54, 1.807) is 11.3 Å². The van der Waals surface area contributed by atoms with E-state index in [1.807, 2.05) is 23.6 Å². The average Bonchev–Trinajstić information content (AvgIpc) is 3.37. The molecule has 27 heavy (non-hydrogen) atoms. The van der Waals surface area contributed by atoms with Crippen molar-refractivity contribution >= 4 is 22.7 Å². The number of piperazine rings is 1. The Morgan fingerprint density at radius 3 is 2.70 bits per heavy atom. The summed E-state index contributed by atoms with van der Waals surface area (Å²) in [7, 11) is 0. The van der Waals surface area contributed by atoms with E-state index in [9.17, 15) is 5.11 Å². The van der Waals surface area contributed by atoms with Crippen molar-refractivity contribution in [2.24, 2.45) is 0 Å². The number of thiazole rings is 1. The summed E-state index contributed by atoms with van der Waals surface area (Å²) in [5.41, 5.74) is 1.19. The van der Waals surface area contributed by atoms with Gasteiger partial charge in [0, 0.05) is 66.9 Å². The minimum absolute atomic E-state index is 0.248. The first-order valence-electron chi connectivity index (χ1n) is 9.41. The molecule has 0 amide bonds. The molecular formula is C21H25N3OS2. The van der Waals surface area contributed by atoms with Crippen LogP contribution in [0.15, 0.2) is 54.0 Å². The Kier molecular flexibility index (Phi) is 6.32. The minimum Gasteiger partial charge on any atom is -0.396 e. The smallest absolute Gasteiger partial charge is 0.123 e. The van der Waals surface area contributed by atoms with E-state index in [4.69, 9.17) is 0 Å². The number of hydrogen-bond donors (Lipinski definition) is 1. The molecule has 142 valence electrons. The molecule has 1 aliphatic rings. The van der Waals surface area contributed by atoms with Gasteiger partial charge in [0.2, 0.25) is 0 Å². The molecule has 3 aromatic rings. The van der Waals surface area contributed by atoms with Crippen LogP contribution < -0.4 is 0 Å². The molecule has 6 heteroatoms. The maximum Gasteiger partial charge on any atom is 0.123 e. The molecule has 0 bridgehead atoms. The highest BCUT2D eigenvalue weighted by molar-refractivity contribution is 7.15. The van der Waals surface area contributed by atoms with Gasteiger partial charge in [-0.2, -0.15) is 0 Å². The first-order valence-corrected chi connectivity index (χ1v) is 11.1. The number of aliphatic hydroxyl groups is 1.